The lowest BCUT2D eigenvalue weighted by Gasteiger charge is -2.15. The minimum absolute atomic E-state index is 0.00224. The van der Waals surface area contributed by atoms with Crippen LogP contribution in [-0.4, -0.2) is 12.5 Å². The Labute approximate surface area is 140 Å². The van der Waals surface area contributed by atoms with Gasteiger partial charge in [-0.25, -0.2) is 4.39 Å². The first-order valence-electron chi connectivity index (χ1n) is 6.92. The molecule has 0 atom stereocenters. The van der Waals surface area contributed by atoms with Gasteiger partial charge in [0, 0.05) is 29.4 Å². The van der Waals surface area contributed by atoms with Crippen molar-refractivity contribution in [1.29, 1.82) is 0 Å². The van der Waals surface area contributed by atoms with Gasteiger partial charge in [0.25, 0.3) is 0 Å². The van der Waals surface area contributed by atoms with Gasteiger partial charge in [0.15, 0.2) is 0 Å². The molecule has 0 saturated carbocycles. The van der Waals surface area contributed by atoms with Gasteiger partial charge in [-0.2, -0.15) is 13.2 Å². The number of benzene rings is 2. The molecule has 3 nitrogen and oxygen atoms in total. The zero-order chi connectivity index (χ0) is 17.7. The lowest BCUT2D eigenvalue weighted by atomic mass is 10.1. The first-order chi connectivity index (χ1) is 11.3. The Bertz CT molecular complexity index is 717. The van der Waals surface area contributed by atoms with Crippen LogP contribution in [0.15, 0.2) is 42.5 Å². The van der Waals surface area contributed by atoms with Crippen LogP contribution in [0.5, 0.6) is 0 Å². The summed E-state index contributed by atoms with van der Waals surface area (Å²) in [5.74, 6) is -0.839. The van der Waals surface area contributed by atoms with Crippen molar-refractivity contribution in [2.45, 2.75) is 12.6 Å². The van der Waals surface area contributed by atoms with Crippen molar-refractivity contribution in [2.75, 3.05) is 17.2 Å². The molecule has 2 aromatic rings. The quantitative estimate of drug-likeness (QED) is 0.742. The molecule has 0 spiro atoms. The summed E-state index contributed by atoms with van der Waals surface area (Å²) in [5.41, 5.74) is -0.640. The number of carbonyl (C=O) groups is 1. The molecule has 0 aliphatic carbocycles. The molecule has 0 bridgehead atoms. The Morgan fingerprint density at radius 2 is 1.75 bits per heavy atom. The van der Waals surface area contributed by atoms with E-state index < -0.39 is 23.5 Å². The summed E-state index contributed by atoms with van der Waals surface area (Å²) in [6.07, 6.45) is -4.61. The number of amides is 1. The van der Waals surface area contributed by atoms with Crippen LogP contribution in [0.3, 0.4) is 0 Å². The Morgan fingerprint density at radius 1 is 1.08 bits per heavy atom. The average molecular weight is 361 g/mol. The number of anilines is 2. The predicted octanol–water partition coefficient (Wildman–Crippen LogP) is 4.94. The molecule has 2 aromatic carbocycles. The van der Waals surface area contributed by atoms with Gasteiger partial charge in [-0.15, -0.1) is 0 Å². The number of alkyl halides is 3. The third kappa shape index (κ3) is 5.13. The number of halogens is 5. The van der Waals surface area contributed by atoms with E-state index in [2.05, 4.69) is 10.6 Å². The van der Waals surface area contributed by atoms with Gasteiger partial charge in [0.05, 0.1) is 5.56 Å². The minimum atomic E-state index is -4.55. The van der Waals surface area contributed by atoms with Crippen LogP contribution in [0, 0.1) is 5.82 Å². The third-order valence-electron chi connectivity index (χ3n) is 3.08. The van der Waals surface area contributed by atoms with Crippen LogP contribution in [-0.2, 0) is 11.0 Å². The average Bonchev–Trinajstić information content (AvgIpc) is 2.50. The molecule has 0 saturated heterocycles. The highest BCUT2D eigenvalue weighted by Gasteiger charge is 2.33. The fraction of sp³-hybridized carbons (Fsp3) is 0.188. The number of rotatable bonds is 5. The second-order valence-corrected chi connectivity index (χ2v) is 5.36. The largest absolute Gasteiger partial charge is 0.418 e. The fourth-order valence-corrected chi connectivity index (χ4v) is 2.14. The zero-order valence-corrected chi connectivity index (χ0v) is 13.0. The van der Waals surface area contributed by atoms with Crippen LogP contribution in [0.1, 0.15) is 12.0 Å². The van der Waals surface area contributed by atoms with Crippen molar-refractivity contribution >= 4 is 28.9 Å². The van der Waals surface area contributed by atoms with Crippen molar-refractivity contribution in [1.82, 2.24) is 0 Å². The van der Waals surface area contributed by atoms with Crippen molar-refractivity contribution < 1.29 is 22.4 Å². The number of carbonyl (C=O) groups excluding carboxylic acids is 1. The van der Waals surface area contributed by atoms with Crippen LogP contribution < -0.4 is 10.6 Å². The molecule has 2 rings (SSSR count). The SMILES string of the molecule is O=C(CCNc1ccc(Cl)cc1C(F)(F)F)Nc1ccc(F)cc1. The smallest absolute Gasteiger partial charge is 0.384 e. The van der Waals surface area contributed by atoms with Gasteiger partial charge < -0.3 is 10.6 Å². The molecule has 8 heteroatoms. The Hall–Kier alpha value is -2.28. The molecule has 0 radical (unpaired) electrons. The van der Waals surface area contributed by atoms with Gasteiger partial charge in [0.1, 0.15) is 5.82 Å². The van der Waals surface area contributed by atoms with Gasteiger partial charge in [-0.3, -0.25) is 4.79 Å². The summed E-state index contributed by atoms with van der Waals surface area (Å²) in [4.78, 5) is 11.7. The molecule has 0 aliphatic rings. The molecule has 0 unspecified atom stereocenters. The van der Waals surface area contributed by atoms with Crippen molar-refractivity contribution in [3.05, 3.63) is 58.9 Å². The lowest BCUT2D eigenvalue weighted by Crippen LogP contribution is -2.18. The van der Waals surface area contributed by atoms with Crippen molar-refractivity contribution in [3.8, 4) is 0 Å². The van der Waals surface area contributed by atoms with E-state index in [1.165, 1.54) is 36.4 Å². The molecule has 0 aromatic heterocycles. The number of hydrogen-bond donors (Lipinski definition) is 2. The normalized spacial score (nSPS) is 11.2. The van der Waals surface area contributed by atoms with Gasteiger partial charge >= 0.3 is 6.18 Å². The van der Waals surface area contributed by atoms with Gasteiger partial charge in [0.2, 0.25) is 5.91 Å². The van der Waals surface area contributed by atoms with E-state index in [4.69, 9.17) is 11.6 Å². The summed E-state index contributed by atoms with van der Waals surface area (Å²) in [6.45, 7) is -0.00224. The first kappa shape index (κ1) is 18.1. The second-order valence-electron chi connectivity index (χ2n) is 4.92. The molecule has 0 heterocycles. The maximum Gasteiger partial charge on any atom is 0.418 e. The van der Waals surface area contributed by atoms with Crippen LogP contribution in [0.25, 0.3) is 0 Å². The maximum absolute atomic E-state index is 12.9. The topological polar surface area (TPSA) is 41.1 Å². The standard InChI is InChI=1S/C16H13ClF4N2O/c17-10-1-6-14(13(9-10)16(19,20)21)22-8-7-15(24)23-12-4-2-11(18)3-5-12/h1-6,9,22H,7-8H2,(H,23,24). The van der Waals surface area contributed by atoms with E-state index in [0.717, 1.165) is 6.07 Å². The lowest BCUT2D eigenvalue weighted by molar-refractivity contribution is -0.137. The minimum Gasteiger partial charge on any atom is -0.384 e. The Kier molecular flexibility index (Phi) is 5.66. The molecule has 1 amide bonds. The van der Waals surface area contributed by atoms with Crippen molar-refractivity contribution in [3.63, 3.8) is 0 Å². The van der Waals surface area contributed by atoms with Gasteiger partial charge in [-0.05, 0) is 42.5 Å². The third-order valence-corrected chi connectivity index (χ3v) is 3.32. The predicted molar refractivity (Wildman–Crippen MR) is 84.6 cm³/mol. The van der Waals surface area contributed by atoms with Crippen LogP contribution in [0.4, 0.5) is 28.9 Å². The van der Waals surface area contributed by atoms with Crippen LogP contribution in [0.2, 0.25) is 5.02 Å². The molecular weight excluding hydrogens is 348 g/mol. The van der Waals surface area contributed by atoms with E-state index in [9.17, 15) is 22.4 Å². The summed E-state index contributed by atoms with van der Waals surface area (Å²) in [5, 5.41) is 5.07. The molecule has 0 aliphatic heterocycles. The highest BCUT2D eigenvalue weighted by molar-refractivity contribution is 6.30. The Morgan fingerprint density at radius 3 is 2.38 bits per heavy atom. The van der Waals surface area contributed by atoms with E-state index >= 15 is 0 Å². The molecule has 24 heavy (non-hydrogen) atoms. The second kappa shape index (κ2) is 7.53. The maximum atomic E-state index is 12.9. The number of hydrogen-bond acceptors (Lipinski definition) is 2. The monoisotopic (exact) mass is 360 g/mol. The fourth-order valence-electron chi connectivity index (χ4n) is 1.97. The summed E-state index contributed by atoms with van der Waals surface area (Å²) < 4.78 is 51.5. The van der Waals surface area contributed by atoms with E-state index in [0.29, 0.717) is 5.69 Å². The van der Waals surface area contributed by atoms with Gasteiger partial charge in [-0.1, -0.05) is 11.6 Å². The van der Waals surface area contributed by atoms with Crippen molar-refractivity contribution in [2.24, 2.45) is 0 Å². The van der Waals surface area contributed by atoms with E-state index in [1.807, 2.05) is 0 Å². The number of nitrogens with one attached hydrogen (secondary N) is 2. The summed E-state index contributed by atoms with van der Waals surface area (Å²) >= 11 is 5.59. The van der Waals surface area contributed by atoms with E-state index in [-0.39, 0.29) is 23.7 Å². The highest BCUT2D eigenvalue weighted by atomic mass is 35.5. The molecule has 0 fully saturated rings. The van der Waals surface area contributed by atoms with Crippen LogP contribution >= 0.6 is 11.6 Å². The Balaban J connectivity index is 1.92. The molecule has 2 N–H and O–H groups in total. The van der Waals surface area contributed by atoms with E-state index in [1.54, 1.807) is 0 Å². The highest BCUT2D eigenvalue weighted by Crippen LogP contribution is 2.36. The summed E-state index contributed by atoms with van der Waals surface area (Å²) in [7, 11) is 0. The summed E-state index contributed by atoms with van der Waals surface area (Å²) in [6, 6.07) is 8.53. The first-order valence-corrected chi connectivity index (χ1v) is 7.29. The zero-order valence-electron chi connectivity index (χ0n) is 12.3. The molecule has 128 valence electrons. The molecular formula is C16H13ClF4N2O.